The van der Waals surface area contributed by atoms with Crippen LogP contribution in [0.3, 0.4) is 0 Å². The average Bonchev–Trinajstić information content (AvgIpc) is 3.04. The molecule has 1 aromatic rings. The number of carbonyl (C=O) groups is 1. The normalized spacial score (nSPS) is 16.0. The predicted octanol–water partition coefficient (Wildman–Crippen LogP) is 4.14. The van der Waals surface area contributed by atoms with Crippen LogP contribution < -0.4 is 4.72 Å². The minimum absolute atomic E-state index is 0.00833. The summed E-state index contributed by atoms with van der Waals surface area (Å²) in [6.45, 7) is 11.5. The summed E-state index contributed by atoms with van der Waals surface area (Å²) in [4.78, 5) is 15.6. The van der Waals surface area contributed by atoms with Crippen molar-refractivity contribution in [3.05, 3.63) is 23.8 Å². The van der Waals surface area contributed by atoms with E-state index < -0.39 is 15.6 Å². The Balaban J connectivity index is 2.34. The van der Waals surface area contributed by atoms with E-state index in [1.807, 2.05) is 25.0 Å². The van der Waals surface area contributed by atoms with Crippen molar-refractivity contribution in [2.24, 2.45) is 5.41 Å². The molecule has 1 N–H and O–H groups in total. The lowest BCUT2D eigenvalue weighted by Gasteiger charge is -2.33. The van der Waals surface area contributed by atoms with Crippen molar-refractivity contribution in [2.45, 2.75) is 69.2 Å². The zero-order chi connectivity index (χ0) is 20.5. The summed E-state index contributed by atoms with van der Waals surface area (Å²) in [5, 5.41) is 0. The molecule has 7 heteroatoms. The summed E-state index contributed by atoms with van der Waals surface area (Å²) in [7, 11) is -3.72. The van der Waals surface area contributed by atoms with E-state index in [0.29, 0.717) is 12.0 Å². The molecule has 1 aromatic carbocycles. The number of carbonyl (C=O) groups excluding carboxylic acids is 1. The molecule has 2 rings (SSSR count). The first kappa shape index (κ1) is 22.2. The molecule has 1 aliphatic rings. The molecule has 0 aromatic heterocycles. The van der Waals surface area contributed by atoms with Gasteiger partial charge in [0.25, 0.3) is 5.91 Å². The van der Waals surface area contributed by atoms with Gasteiger partial charge in [0, 0.05) is 23.5 Å². The number of hydrogen-bond donors (Lipinski definition) is 1. The van der Waals surface area contributed by atoms with Crippen molar-refractivity contribution in [2.75, 3.05) is 19.3 Å². The van der Waals surface area contributed by atoms with Gasteiger partial charge in [-0.05, 0) is 63.0 Å². The molecular formula is C20H32N2O3S2. The third kappa shape index (κ3) is 5.96. The van der Waals surface area contributed by atoms with Crippen LogP contribution in [0.4, 0.5) is 0 Å². The van der Waals surface area contributed by atoms with Gasteiger partial charge in [0.1, 0.15) is 0 Å². The second-order valence-electron chi connectivity index (χ2n) is 9.09. The Morgan fingerprint density at radius 3 is 2.26 bits per heavy atom. The van der Waals surface area contributed by atoms with Crippen molar-refractivity contribution < 1.29 is 13.2 Å². The third-order valence-electron chi connectivity index (χ3n) is 4.49. The smallest absolute Gasteiger partial charge is 0.255 e. The van der Waals surface area contributed by atoms with Crippen molar-refractivity contribution in [3.63, 3.8) is 0 Å². The molecular weight excluding hydrogens is 380 g/mol. The topological polar surface area (TPSA) is 66.5 Å². The Morgan fingerprint density at radius 1 is 1.15 bits per heavy atom. The second kappa shape index (κ2) is 8.13. The lowest BCUT2D eigenvalue weighted by atomic mass is 9.82. The van der Waals surface area contributed by atoms with E-state index in [1.165, 1.54) is 17.8 Å². The van der Waals surface area contributed by atoms with E-state index in [-0.39, 0.29) is 16.2 Å². The summed E-state index contributed by atoms with van der Waals surface area (Å²) in [5.74, 6) is -0.0807. The van der Waals surface area contributed by atoms with Crippen LogP contribution in [0.2, 0.25) is 0 Å². The van der Waals surface area contributed by atoms with Gasteiger partial charge >= 0.3 is 0 Å². The summed E-state index contributed by atoms with van der Waals surface area (Å²) < 4.78 is 28.8. The fraction of sp³-hybridized carbons (Fsp3) is 0.650. The Kier molecular flexibility index (Phi) is 6.70. The molecule has 5 nitrogen and oxygen atoms in total. The number of benzene rings is 1. The first-order chi connectivity index (χ1) is 12.3. The van der Waals surface area contributed by atoms with Crippen molar-refractivity contribution in [1.29, 1.82) is 0 Å². The summed E-state index contributed by atoms with van der Waals surface area (Å²) in [5.41, 5.74) is -0.124. The van der Waals surface area contributed by atoms with Crippen LogP contribution in [-0.2, 0) is 10.0 Å². The van der Waals surface area contributed by atoms with E-state index in [4.69, 9.17) is 0 Å². The molecule has 1 heterocycles. The SMILES string of the molecule is CSc1ccc(S(=O)(=O)NC(C)(C)CC(C)(C)C)cc1C(=O)N1CCCC1. The highest BCUT2D eigenvalue weighted by Gasteiger charge is 2.31. The highest BCUT2D eigenvalue weighted by molar-refractivity contribution is 7.98. The maximum atomic E-state index is 13.0. The number of sulfonamides is 1. The van der Waals surface area contributed by atoms with E-state index in [2.05, 4.69) is 25.5 Å². The van der Waals surface area contributed by atoms with E-state index in [1.54, 1.807) is 12.1 Å². The number of likely N-dealkylation sites (tertiary alicyclic amines) is 1. The van der Waals surface area contributed by atoms with Gasteiger partial charge in [-0.15, -0.1) is 11.8 Å². The quantitative estimate of drug-likeness (QED) is 0.713. The van der Waals surface area contributed by atoms with E-state index >= 15 is 0 Å². The third-order valence-corrected chi connectivity index (χ3v) is 6.98. The molecule has 0 aliphatic carbocycles. The molecule has 152 valence electrons. The zero-order valence-corrected chi connectivity index (χ0v) is 18.9. The lowest BCUT2D eigenvalue weighted by Crippen LogP contribution is -2.45. The number of amides is 1. The molecule has 1 amide bonds. The Bertz CT molecular complexity index is 790. The van der Waals surface area contributed by atoms with Crippen LogP contribution >= 0.6 is 11.8 Å². The van der Waals surface area contributed by atoms with Gasteiger partial charge in [-0.2, -0.15) is 0 Å². The van der Waals surface area contributed by atoms with E-state index in [9.17, 15) is 13.2 Å². The molecule has 27 heavy (non-hydrogen) atoms. The number of thioether (sulfide) groups is 1. The predicted molar refractivity (Wildman–Crippen MR) is 112 cm³/mol. The average molecular weight is 413 g/mol. The number of hydrogen-bond acceptors (Lipinski definition) is 4. The van der Waals surface area contributed by atoms with Crippen molar-refractivity contribution in [3.8, 4) is 0 Å². The second-order valence-corrected chi connectivity index (χ2v) is 11.6. The minimum Gasteiger partial charge on any atom is -0.339 e. The highest BCUT2D eigenvalue weighted by atomic mass is 32.2. The number of nitrogens with zero attached hydrogens (tertiary/aromatic N) is 1. The highest BCUT2D eigenvalue weighted by Crippen LogP contribution is 2.30. The minimum atomic E-state index is -3.72. The van der Waals surface area contributed by atoms with Crippen LogP contribution in [-0.4, -0.2) is 44.1 Å². The van der Waals surface area contributed by atoms with Gasteiger partial charge in [-0.25, -0.2) is 13.1 Å². The number of rotatable bonds is 6. The zero-order valence-electron chi connectivity index (χ0n) is 17.3. The molecule has 0 saturated carbocycles. The first-order valence-corrected chi connectivity index (χ1v) is 12.1. The van der Waals surface area contributed by atoms with Gasteiger partial charge < -0.3 is 4.90 Å². The van der Waals surface area contributed by atoms with Gasteiger partial charge in [0.05, 0.1) is 10.5 Å². The summed E-state index contributed by atoms with van der Waals surface area (Å²) >= 11 is 1.46. The van der Waals surface area contributed by atoms with Crippen LogP contribution in [0.5, 0.6) is 0 Å². The van der Waals surface area contributed by atoms with Crippen LogP contribution in [0, 0.1) is 5.41 Å². The fourth-order valence-electron chi connectivity index (χ4n) is 3.90. The Labute approximate surface area is 168 Å². The summed E-state index contributed by atoms with van der Waals surface area (Å²) in [6, 6.07) is 4.85. The Hall–Kier alpha value is -1.05. The molecule has 0 atom stereocenters. The molecule has 0 radical (unpaired) electrons. The van der Waals surface area contributed by atoms with Gasteiger partial charge in [-0.3, -0.25) is 4.79 Å². The van der Waals surface area contributed by atoms with Crippen molar-refractivity contribution in [1.82, 2.24) is 9.62 Å². The van der Waals surface area contributed by atoms with Crippen LogP contribution in [0.25, 0.3) is 0 Å². The van der Waals surface area contributed by atoms with Crippen molar-refractivity contribution >= 4 is 27.7 Å². The molecule has 1 fully saturated rings. The standard InChI is InChI=1S/C20H32N2O3S2/c1-19(2,3)14-20(4,5)21-27(24,25)15-9-10-17(26-6)16(13-15)18(23)22-11-7-8-12-22/h9-10,13,21H,7-8,11-12,14H2,1-6H3. The maximum absolute atomic E-state index is 13.0. The van der Waals surface area contributed by atoms with Crippen LogP contribution in [0.1, 0.15) is 64.2 Å². The van der Waals surface area contributed by atoms with Gasteiger partial charge in [-0.1, -0.05) is 20.8 Å². The first-order valence-electron chi connectivity index (χ1n) is 9.36. The maximum Gasteiger partial charge on any atom is 0.255 e. The fourth-order valence-corrected chi connectivity index (χ4v) is 5.90. The van der Waals surface area contributed by atoms with Gasteiger partial charge in [0.15, 0.2) is 0 Å². The molecule has 1 saturated heterocycles. The van der Waals surface area contributed by atoms with Crippen LogP contribution in [0.15, 0.2) is 28.0 Å². The molecule has 0 unspecified atom stereocenters. The monoisotopic (exact) mass is 412 g/mol. The molecule has 1 aliphatic heterocycles. The number of nitrogens with one attached hydrogen (secondary N) is 1. The van der Waals surface area contributed by atoms with E-state index in [0.717, 1.165) is 30.8 Å². The Morgan fingerprint density at radius 2 is 1.74 bits per heavy atom. The molecule has 0 spiro atoms. The largest absolute Gasteiger partial charge is 0.339 e. The summed E-state index contributed by atoms with van der Waals surface area (Å²) in [6.07, 6.45) is 4.60. The lowest BCUT2D eigenvalue weighted by molar-refractivity contribution is 0.0789. The molecule has 0 bridgehead atoms. The van der Waals surface area contributed by atoms with Gasteiger partial charge in [0.2, 0.25) is 10.0 Å².